The largest absolute Gasteiger partial charge is 0.392 e. The van der Waals surface area contributed by atoms with Gasteiger partial charge < -0.3 is 15.5 Å². The van der Waals surface area contributed by atoms with Crippen molar-refractivity contribution < 1.29 is 10.2 Å². The lowest BCUT2D eigenvalue weighted by molar-refractivity contribution is 0.224. The molecule has 1 aromatic rings. The lowest BCUT2D eigenvalue weighted by atomic mass is 10.2. The van der Waals surface area contributed by atoms with E-state index in [-0.39, 0.29) is 6.61 Å². The second kappa shape index (κ2) is 4.09. The molecule has 0 saturated heterocycles. The van der Waals surface area contributed by atoms with Crippen LogP contribution in [0, 0.1) is 0 Å². The topological polar surface area (TPSA) is 52.5 Å². The maximum Gasteiger partial charge on any atom is 0.121 e. The smallest absolute Gasteiger partial charge is 0.121 e. The first-order chi connectivity index (χ1) is 5.72. The highest BCUT2D eigenvalue weighted by Crippen LogP contribution is 2.10. The van der Waals surface area contributed by atoms with Crippen LogP contribution in [-0.2, 0) is 6.61 Å². The minimum Gasteiger partial charge on any atom is -0.392 e. The van der Waals surface area contributed by atoms with E-state index in [1.54, 1.807) is 13.0 Å². The summed E-state index contributed by atoms with van der Waals surface area (Å²) in [5.41, 5.74) is 1.65. The lowest BCUT2D eigenvalue weighted by Gasteiger charge is -2.09. The normalized spacial score (nSPS) is 12.6. The Kier molecular flexibility index (Phi) is 3.08. The molecule has 0 bridgehead atoms. The van der Waals surface area contributed by atoms with Crippen LogP contribution in [0.2, 0.25) is 0 Å². The molecule has 0 fully saturated rings. The van der Waals surface area contributed by atoms with Crippen molar-refractivity contribution in [3.05, 3.63) is 29.8 Å². The summed E-state index contributed by atoms with van der Waals surface area (Å²) >= 11 is 0. The van der Waals surface area contributed by atoms with Crippen molar-refractivity contribution >= 4 is 5.69 Å². The Balaban J connectivity index is 2.72. The van der Waals surface area contributed by atoms with E-state index < -0.39 is 6.23 Å². The summed E-state index contributed by atoms with van der Waals surface area (Å²) in [4.78, 5) is 0. The highest BCUT2D eigenvalue weighted by molar-refractivity contribution is 5.45. The molecule has 0 radical (unpaired) electrons. The van der Waals surface area contributed by atoms with Gasteiger partial charge in [-0.1, -0.05) is 12.1 Å². The fourth-order valence-electron chi connectivity index (χ4n) is 1.00. The van der Waals surface area contributed by atoms with Crippen molar-refractivity contribution in [3.8, 4) is 0 Å². The van der Waals surface area contributed by atoms with Crippen molar-refractivity contribution in [2.45, 2.75) is 19.8 Å². The predicted octanol–water partition coefficient (Wildman–Crippen LogP) is 0.929. The molecule has 0 aliphatic rings. The number of benzene rings is 1. The molecule has 66 valence electrons. The Morgan fingerprint density at radius 2 is 2.25 bits per heavy atom. The minimum atomic E-state index is -0.570. The van der Waals surface area contributed by atoms with Gasteiger partial charge >= 0.3 is 0 Å². The first-order valence-corrected chi connectivity index (χ1v) is 3.87. The van der Waals surface area contributed by atoms with Gasteiger partial charge in [-0.15, -0.1) is 0 Å². The van der Waals surface area contributed by atoms with Crippen LogP contribution >= 0.6 is 0 Å². The van der Waals surface area contributed by atoms with Gasteiger partial charge in [0.05, 0.1) is 6.61 Å². The van der Waals surface area contributed by atoms with Crippen molar-refractivity contribution in [1.29, 1.82) is 0 Å². The Hall–Kier alpha value is -1.06. The Morgan fingerprint density at radius 3 is 2.83 bits per heavy atom. The molecule has 3 heteroatoms. The molecule has 12 heavy (non-hydrogen) atoms. The van der Waals surface area contributed by atoms with E-state index in [2.05, 4.69) is 5.32 Å². The molecule has 1 aromatic carbocycles. The summed E-state index contributed by atoms with van der Waals surface area (Å²) in [6.07, 6.45) is -0.570. The van der Waals surface area contributed by atoms with Gasteiger partial charge in [-0.2, -0.15) is 0 Å². The quantitative estimate of drug-likeness (QED) is 0.587. The van der Waals surface area contributed by atoms with Crippen LogP contribution < -0.4 is 5.32 Å². The number of rotatable bonds is 3. The summed E-state index contributed by atoms with van der Waals surface area (Å²) in [5, 5.41) is 20.6. The third kappa shape index (κ3) is 2.53. The summed E-state index contributed by atoms with van der Waals surface area (Å²) < 4.78 is 0. The van der Waals surface area contributed by atoms with E-state index in [0.717, 1.165) is 11.3 Å². The van der Waals surface area contributed by atoms with Crippen LogP contribution in [0.15, 0.2) is 24.3 Å². The molecule has 3 nitrogen and oxygen atoms in total. The monoisotopic (exact) mass is 167 g/mol. The lowest BCUT2D eigenvalue weighted by Crippen LogP contribution is -2.13. The van der Waals surface area contributed by atoms with Crippen molar-refractivity contribution in [2.24, 2.45) is 0 Å². The molecule has 1 unspecified atom stereocenters. The molecule has 0 aliphatic heterocycles. The Morgan fingerprint density at radius 1 is 1.50 bits per heavy atom. The third-order valence-electron chi connectivity index (χ3n) is 1.49. The molecule has 0 spiro atoms. The fourth-order valence-corrected chi connectivity index (χ4v) is 1.00. The van der Waals surface area contributed by atoms with Gasteiger partial charge in [0.2, 0.25) is 0 Å². The molecule has 0 aliphatic carbocycles. The molecular weight excluding hydrogens is 154 g/mol. The summed E-state index contributed by atoms with van der Waals surface area (Å²) in [7, 11) is 0. The zero-order chi connectivity index (χ0) is 8.97. The number of anilines is 1. The van der Waals surface area contributed by atoms with Gasteiger partial charge in [0.25, 0.3) is 0 Å². The van der Waals surface area contributed by atoms with Crippen LogP contribution in [0.25, 0.3) is 0 Å². The average molecular weight is 167 g/mol. The summed E-state index contributed by atoms with van der Waals surface area (Å²) in [6, 6.07) is 7.29. The first-order valence-electron chi connectivity index (χ1n) is 3.87. The fraction of sp³-hybridized carbons (Fsp3) is 0.333. The van der Waals surface area contributed by atoms with Crippen molar-refractivity contribution in [3.63, 3.8) is 0 Å². The zero-order valence-corrected chi connectivity index (χ0v) is 6.99. The number of hydrogen-bond acceptors (Lipinski definition) is 3. The van der Waals surface area contributed by atoms with Crippen LogP contribution in [0.3, 0.4) is 0 Å². The second-order valence-corrected chi connectivity index (χ2v) is 2.68. The maximum atomic E-state index is 9.00. The Labute approximate surface area is 71.7 Å². The maximum absolute atomic E-state index is 9.00. The molecule has 0 saturated carbocycles. The number of hydrogen-bond donors (Lipinski definition) is 3. The van der Waals surface area contributed by atoms with Gasteiger partial charge in [-0.3, -0.25) is 0 Å². The first kappa shape index (κ1) is 9.03. The van der Waals surface area contributed by atoms with Crippen LogP contribution in [0.5, 0.6) is 0 Å². The molecule has 0 amide bonds. The minimum absolute atomic E-state index is 0.0231. The SMILES string of the molecule is CC(O)Nc1cccc(CO)c1. The number of nitrogens with one attached hydrogen (secondary N) is 1. The summed E-state index contributed by atoms with van der Waals surface area (Å²) in [5.74, 6) is 0. The van der Waals surface area contributed by atoms with E-state index in [4.69, 9.17) is 10.2 Å². The molecule has 0 heterocycles. The number of aliphatic hydroxyl groups excluding tert-OH is 2. The highest BCUT2D eigenvalue weighted by atomic mass is 16.3. The van der Waals surface area contributed by atoms with Gasteiger partial charge in [0.1, 0.15) is 6.23 Å². The highest BCUT2D eigenvalue weighted by Gasteiger charge is 1.96. The van der Waals surface area contributed by atoms with Gasteiger partial charge in [0, 0.05) is 5.69 Å². The standard InChI is InChI=1S/C9H13NO2/c1-7(12)10-9-4-2-3-8(5-9)6-11/h2-5,7,10-12H,6H2,1H3. The van der Waals surface area contributed by atoms with Crippen LogP contribution in [-0.4, -0.2) is 16.4 Å². The van der Waals surface area contributed by atoms with E-state index in [1.165, 1.54) is 0 Å². The van der Waals surface area contributed by atoms with Crippen molar-refractivity contribution in [2.75, 3.05) is 5.32 Å². The van der Waals surface area contributed by atoms with Gasteiger partial charge in [0.15, 0.2) is 0 Å². The second-order valence-electron chi connectivity index (χ2n) is 2.68. The van der Waals surface area contributed by atoms with E-state index in [0.29, 0.717) is 0 Å². The predicted molar refractivity (Wildman–Crippen MR) is 47.7 cm³/mol. The average Bonchev–Trinajstić information content (AvgIpc) is 2.03. The molecule has 3 N–H and O–H groups in total. The molecule has 0 aromatic heterocycles. The van der Waals surface area contributed by atoms with E-state index in [1.807, 2.05) is 18.2 Å². The van der Waals surface area contributed by atoms with E-state index >= 15 is 0 Å². The van der Waals surface area contributed by atoms with Crippen molar-refractivity contribution in [1.82, 2.24) is 0 Å². The van der Waals surface area contributed by atoms with Gasteiger partial charge in [-0.25, -0.2) is 0 Å². The van der Waals surface area contributed by atoms with E-state index in [9.17, 15) is 0 Å². The summed E-state index contributed by atoms with van der Waals surface area (Å²) in [6.45, 7) is 1.67. The van der Waals surface area contributed by atoms with Gasteiger partial charge in [-0.05, 0) is 24.6 Å². The third-order valence-corrected chi connectivity index (χ3v) is 1.49. The Bertz CT molecular complexity index is 248. The number of aliphatic hydroxyl groups is 2. The molecule has 1 rings (SSSR count). The molecule has 1 atom stereocenters. The van der Waals surface area contributed by atoms with Crippen LogP contribution in [0.4, 0.5) is 5.69 Å². The zero-order valence-electron chi connectivity index (χ0n) is 6.99. The van der Waals surface area contributed by atoms with Crippen LogP contribution in [0.1, 0.15) is 12.5 Å². The molecular formula is C9H13NO2.